The third-order valence-electron chi connectivity index (χ3n) is 4.89. The molecular weight excluding hydrogens is 450 g/mol. The molecule has 8 nitrogen and oxygen atoms in total. The number of carbonyl (C=O) groups is 1. The van der Waals surface area contributed by atoms with Gasteiger partial charge in [0.15, 0.2) is 9.84 Å². The lowest BCUT2D eigenvalue weighted by Gasteiger charge is -2.16. The van der Waals surface area contributed by atoms with Crippen molar-refractivity contribution in [1.82, 2.24) is 10.2 Å². The molecule has 1 aromatic heterocycles. The summed E-state index contributed by atoms with van der Waals surface area (Å²) < 4.78 is 35.5. The maximum Gasteiger partial charge on any atom is 0.257 e. The fraction of sp³-hybridized carbons (Fsp3) is 0.318. The van der Waals surface area contributed by atoms with Crippen LogP contribution in [0.5, 0.6) is 17.2 Å². The molecule has 0 unspecified atom stereocenters. The fourth-order valence-electron chi connectivity index (χ4n) is 3.36. The van der Waals surface area contributed by atoms with Gasteiger partial charge in [0, 0.05) is 23.8 Å². The van der Waals surface area contributed by atoms with Crippen LogP contribution in [0.2, 0.25) is 0 Å². The van der Waals surface area contributed by atoms with E-state index in [-0.39, 0.29) is 10.8 Å². The second-order valence-electron chi connectivity index (χ2n) is 8.14. The van der Waals surface area contributed by atoms with Crippen molar-refractivity contribution in [2.75, 3.05) is 11.6 Å². The van der Waals surface area contributed by atoms with Crippen molar-refractivity contribution in [2.45, 2.75) is 44.1 Å². The highest BCUT2D eigenvalue weighted by Crippen LogP contribution is 2.43. The van der Waals surface area contributed by atoms with Crippen LogP contribution in [0.25, 0.3) is 0 Å². The number of hydrogen-bond donors (Lipinski definition) is 1. The van der Waals surface area contributed by atoms with Crippen molar-refractivity contribution in [2.24, 2.45) is 0 Å². The van der Waals surface area contributed by atoms with E-state index in [1.807, 2.05) is 20.8 Å². The normalized spacial score (nSPS) is 14.5. The van der Waals surface area contributed by atoms with Gasteiger partial charge in [-0.3, -0.25) is 10.1 Å². The molecule has 1 amide bonds. The Morgan fingerprint density at radius 1 is 1.22 bits per heavy atom. The highest BCUT2D eigenvalue weighted by Gasteiger charge is 2.34. The van der Waals surface area contributed by atoms with Crippen LogP contribution in [0.3, 0.4) is 0 Å². The van der Waals surface area contributed by atoms with Crippen LogP contribution in [-0.4, -0.2) is 36.4 Å². The Kier molecular flexibility index (Phi) is 5.68. The lowest BCUT2D eigenvalue weighted by Crippen LogP contribution is -2.24. The molecule has 1 N–H and O–H groups in total. The second-order valence-corrected chi connectivity index (χ2v) is 11.2. The molecule has 0 fully saturated rings. The summed E-state index contributed by atoms with van der Waals surface area (Å²) in [4.78, 5) is 13.1. The monoisotopic (exact) mass is 473 g/mol. The predicted octanol–water partition coefficient (Wildman–Crippen LogP) is 4.26. The maximum absolute atomic E-state index is 12.9. The number of hydrogen-bond acceptors (Lipinski definition) is 8. The Bertz CT molecular complexity index is 1280. The Morgan fingerprint density at radius 2 is 1.94 bits per heavy atom. The van der Waals surface area contributed by atoms with E-state index in [0.29, 0.717) is 34.4 Å². The average molecular weight is 474 g/mol. The lowest BCUT2D eigenvalue weighted by molar-refractivity contribution is 0.102. The summed E-state index contributed by atoms with van der Waals surface area (Å²) in [7, 11) is -3.30. The van der Waals surface area contributed by atoms with Crippen LogP contribution < -0.4 is 14.8 Å². The van der Waals surface area contributed by atoms with Crippen molar-refractivity contribution in [3.63, 3.8) is 0 Å². The van der Waals surface area contributed by atoms with Crippen LogP contribution in [0.1, 0.15) is 41.7 Å². The molecule has 0 saturated carbocycles. The number of nitrogens with zero attached hydrogens (tertiary/aromatic N) is 2. The highest BCUT2D eigenvalue weighted by molar-refractivity contribution is 7.90. The molecule has 3 aromatic rings. The number of aromatic nitrogens is 2. The number of anilines is 1. The van der Waals surface area contributed by atoms with Crippen molar-refractivity contribution in [3.8, 4) is 17.2 Å². The van der Waals surface area contributed by atoms with Crippen LogP contribution in [0.15, 0.2) is 41.3 Å². The Balaban J connectivity index is 1.65. The van der Waals surface area contributed by atoms with E-state index in [2.05, 4.69) is 15.5 Å². The van der Waals surface area contributed by atoms with E-state index in [1.165, 1.54) is 23.5 Å². The van der Waals surface area contributed by atoms with Gasteiger partial charge in [0.25, 0.3) is 5.91 Å². The van der Waals surface area contributed by atoms with E-state index in [4.69, 9.17) is 9.47 Å². The standard InChI is InChI=1S/C22H23N3O5S2/c1-5-19-24-25-21(31-19)23-20(26)13-10-17(16-12-22(2,3)30-18(16)11-13)29-14-6-8-15(9-7-14)32(4,27)28/h6-11H,5,12H2,1-4H3,(H,23,25,26). The van der Waals surface area contributed by atoms with Crippen molar-refractivity contribution < 1.29 is 22.7 Å². The summed E-state index contributed by atoms with van der Waals surface area (Å²) in [5.74, 6) is 1.17. The molecule has 0 aliphatic carbocycles. The number of sulfone groups is 1. The minimum absolute atomic E-state index is 0.205. The van der Waals surface area contributed by atoms with E-state index in [9.17, 15) is 13.2 Å². The fourth-order valence-corrected chi connectivity index (χ4v) is 4.67. The molecule has 2 heterocycles. The molecule has 0 spiro atoms. The average Bonchev–Trinajstić information content (AvgIpc) is 3.30. The largest absolute Gasteiger partial charge is 0.487 e. The van der Waals surface area contributed by atoms with Crippen LogP contribution in [0, 0.1) is 0 Å². The van der Waals surface area contributed by atoms with Crippen molar-refractivity contribution in [3.05, 3.63) is 52.5 Å². The van der Waals surface area contributed by atoms with Gasteiger partial charge in [0.1, 0.15) is 27.9 Å². The molecule has 0 bridgehead atoms. The first-order valence-corrected chi connectivity index (χ1v) is 12.7. The van der Waals surface area contributed by atoms with Gasteiger partial charge >= 0.3 is 0 Å². The zero-order valence-corrected chi connectivity index (χ0v) is 19.8. The number of aryl methyl sites for hydroxylation is 1. The van der Waals surface area contributed by atoms with Crippen molar-refractivity contribution in [1.29, 1.82) is 0 Å². The van der Waals surface area contributed by atoms with E-state index in [0.717, 1.165) is 23.2 Å². The highest BCUT2D eigenvalue weighted by atomic mass is 32.2. The van der Waals surface area contributed by atoms with Crippen LogP contribution >= 0.6 is 11.3 Å². The van der Waals surface area contributed by atoms with Gasteiger partial charge in [-0.1, -0.05) is 18.3 Å². The maximum atomic E-state index is 12.9. The summed E-state index contributed by atoms with van der Waals surface area (Å²) in [5.41, 5.74) is 0.769. The van der Waals surface area contributed by atoms with Gasteiger partial charge in [-0.05, 0) is 56.7 Å². The molecule has 10 heteroatoms. The molecule has 1 aliphatic rings. The third kappa shape index (κ3) is 4.76. The summed E-state index contributed by atoms with van der Waals surface area (Å²) in [5, 5.41) is 12.0. The number of benzene rings is 2. The predicted molar refractivity (Wildman–Crippen MR) is 122 cm³/mol. The summed E-state index contributed by atoms with van der Waals surface area (Å²) in [6, 6.07) is 9.51. The number of amides is 1. The van der Waals surface area contributed by atoms with Gasteiger partial charge in [-0.2, -0.15) is 0 Å². The second kappa shape index (κ2) is 8.18. The smallest absolute Gasteiger partial charge is 0.257 e. The van der Waals surface area contributed by atoms with Gasteiger partial charge in [0.05, 0.1) is 4.90 Å². The third-order valence-corrected chi connectivity index (χ3v) is 7.00. The first kappa shape index (κ1) is 22.2. The first-order chi connectivity index (χ1) is 15.0. The number of fused-ring (bicyclic) bond motifs is 1. The van der Waals surface area contributed by atoms with E-state index >= 15 is 0 Å². The zero-order valence-electron chi connectivity index (χ0n) is 18.1. The number of nitrogens with one attached hydrogen (secondary N) is 1. The molecule has 4 rings (SSSR count). The summed E-state index contributed by atoms with van der Waals surface area (Å²) >= 11 is 1.33. The molecule has 32 heavy (non-hydrogen) atoms. The van der Waals surface area contributed by atoms with Gasteiger partial charge < -0.3 is 9.47 Å². The molecule has 2 aromatic carbocycles. The Labute approximate surface area is 190 Å². The summed E-state index contributed by atoms with van der Waals surface area (Å²) in [6.45, 7) is 5.90. The molecule has 0 saturated heterocycles. The summed E-state index contributed by atoms with van der Waals surface area (Å²) in [6.07, 6.45) is 2.50. The Hall–Kier alpha value is -2.98. The number of rotatable bonds is 6. The van der Waals surface area contributed by atoms with Crippen LogP contribution in [-0.2, 0) is 22.7 Å². The molecule has 1 aliphatic heterocycles. The molecule has 0 radical (unpaired) electrons. The van der Waals surface area contributed by atoms with E-state index in [1.54, 1.807) is 24.3 Å². The number of carbonyl (C=O) groups excluding carboxylic acids is 1. The molecular formula is C22H23N3O5S2. The zero-order chi connectivity index (χ0) is 23.1. The lowest BCUT2D eigenvalue weighted by atomic mass is 9.99. The van der Waals surface area contributed by atoms with Crippen molar-refractivity contribution >= 4 is 32.2 Å². The van der Waals surface area contributed by atoms with E-state index < -0.39 is 15.4 Å². The SMILES string of the molecule is CCc1nnc(NC(=O)c2cc(Oc3ccc(S(C)(=O)=O)cc3)c3c(c2)OC(C)(C)C3)s1. The molecule has 0 atom stereocenters. The Morgan fingerprint density at radius 3 is 2.56 bits per heavy atom. The quantitative estimate of drug-likeness (QED) is 0.570. The first-order valence-electron chi connectivity index (χ1n) is 10.0. The van der Waals surface area contributed by atoms with Crippen LogP contribution in [0.4, 0.5) is 5.13 Å². The number of ether oxygens (including phenoxy) is 2. The van der Waals surface area contributed by atoms with Gasteiger partial charge in [-0.25, -0.2) is 8.42 Å². The minimum atomic E-state index is -3.30. The molecule has 168 valence electrons. The minimum Gasteiger partial charge on any atom is -0.487 e. The van der Waals surface area contributed by atoms with Gasteiger partial charge in [0.2, 0.25) is 5.13 Å². The van der Waals surface area contributed by atoms with Gasteiger partial charge in [-0.15, -0.1) is 10.2 Å². The topological polar surface area (TPSA) is 107 Å².